The van der Waals surface area contributed by atoms with Crippen molar-refractivity contribution < 1.29 is 14.6 Å². The van der Waals surface area contributed by atoms with Crippen LogP contribution in [0.15, 0.2) is 22.7 Å². The van der Waals surface area contributed by atoms with Gasteiger partial charge in [0.1, 0.15) is 11.9 Å². The van der Waals surface area contributed by atoms with Crippen molar-refractivity contribution in [3.8, 4) is 0 Å². The Labute approximate surface area is 109 Å². The van der Waals surface area contributed by atoms with E-state index in [2.05, 4.69) is 15.9 Å². The van der Waals surface area contributed by atoms with Gasteiger partial charge < -0.3 is 10.2 Å². The summed E-state index contributed by atoms with van der Waals surface area (Å²) in [5, 5.41) is 20.6. The van der Waals surface area contributed by atoms with Crippen LogP contribution in [-0.4, -0.2) is 15.8 Å². The molecule has 1 fully saturated rings. The largest absolute Gasteiger partial charge is 0.387 e. The molecule has 1 aliphatic rings. The minimum absolute atomic E-state index is 0.170. The zero-order valence-electron chi connectivity index (χ0n) is 9.50. The Bertz CT molecular complexity index is 402. The van der Waals surface area contributed by atoms with Crippen LogP contribution in [0.4, 0.5) is 4.39 Å². The van der Waals surface area contributed by atoms with E-state index in [0.29, 0.717) is 17.3 Å². The number of aliphatic hydroxyl groups is 2. The van der Waals surface area contributed by atoms with E-state index in [4.69, 9.17) is 0 Å². The molecule has 0 radical (unpaired) electrons. The molecule has 1 aromatic rings. The standard InChI is InChI=1S/C13H16BrFO2/c14-10-6-4-5-9(11(10)15)12(16)13(17)7-2-1-3-8-13/h4-6,12,16-17H,1-3,7-8H2. The van der Waals surface area contributed by atoms with Gasteiger partial charge in [-0.1, -0.05) is 31.4 Å². The predicted octanol–water partition coefficient (Wildman–Crippen LogP) is 3.32. The lowest BCUT2D eigenvalue weighted by Crippen LogP contribution is -2.38. The first-order chi connectivity index (χ1) is 8.04. The first-order valence-corrected chi connectivity index (χ1v) is 6.68. The summed E-state index contributed by atoms with van der Waals surface area (Å²) in [6.07, 6.45) is 2.73. The highest BCUT2D eigenvalue weighted by Crippen LogP contribution is 2.39. The number of hydrogen-bond donors (Lipinski definition) is 2. The van der Waals surface area contributed by atoms with Crippen molar-refractivity contribution in [2.45, 2.75) is 43.8 Å². The maximum Gasteiger partial charge on any atom is 0.143 e. The fourth-order valence-electron chi connectivity index (χ4n) is 2.46. The minimum atomic E-state index is -1.18. The third kappa shape index (κ3) is 2.54. The van der Waals surface area contributed by atoms with Crippen molar-refractivity contribution in [2.24, 2.45) is 0 Å². The number of hydrogen-bond acceptors (Lipinski definition) is 2. The third-order valence-electron chi connectivity index (χ3n) is 3.50. The number of benzene rings is 1. The van der Waals surface area contributed by atoms with E-state index < -0.39 is 17.5 Å². The summed E-state index contributed by atoms with van der Waals surface area (Å²) < 4.78 is 14.2. The molecule has 17 heavy (non-hydrogen) atoms. The van der Waals surface area contributed by atoms with Crippen LogP contribution in [0.2, 0.25) is 0 Å². The van der Waals surface area contributed by atoms with E-state index in [0.717, 1.165) is 19.3 Å². The van der Waals surface area contributed by atoms with Crippen LogP contribution in [-0.2, 0) is 0 Å². The minimum Gasteiger partial charge on any atom is -0.387 e. The molecule has 0 saturated heterocycles. The molecule has 0 aromatic heterocycles. The van der Waals surface area contributed by atoms with Gasteiger partial charge in [-0.25, -0.2) is 4.39 Å². The lowest BCUT2D eigenvalue weighted by molar-refractivity contribution is -0.100. The fourth-order valence-corrected chi connectivity index (χ4v) is 2.84. The summed E-state index contributed by atoms with van der Waals surface area (Å²) in [5.41, 5.74) is -1.01. The normalized spacial score (nSPS) is 21.2. The average Bonchev–Trinajstić information content (AvgIpc) is 2.33. The summed E-state index contributed by atoms with van der Waals surface area (Å²) in [4.78, 5) is 0. The van der Waals surface area contributed by atoms with E-state index in [1.165, 1.54) is 6.07 Å². The Hall–Kier alpha value is -0.450. The SMILES string of the molecule is OC(c1cccc(Br)c1F)C1(O)CCCCC1. The topological polar surface area (TPSA) is 40.5 Å². The van der Waals surface area contributed by atoms with Gasteiger partial charge in [-0.05, 0) is 34.8 Å². The maximum atomic E-state index is 13.9. The average molecular weight is 303 g/mol. The van der Waals surface area contributed by atoms with Gasteiger partial charge >= 0.3 is 0 Å². The molecule has 1 saturated carbocycles. The van der Waals surface area contributed by atoms with Gasteiger partial charge in [-0.15, -0.1) is 0 Å². The molecule has 1 unspecified atom stereocenters. The van der Waals surface area contributed by atoms with Crippen LogP contribution in [0, 0.1) is 5.82 Å². The number of aliphatic hydroxyl groups excluding tert-OH is 1. The number of halogens is 2. The van der Waals surface area contributed by atoms with Crippen molar-refractivity contribution in [2.75, 3.05) is 0 Å². The van der Waals surface area contributed by atoms with Crippen molar-refractivity contribution >= 4 is 15.9 Å². The van der Waals surface area contributed by atoms with Crippen molar-refractivity contribution in [1.82, 2.24) is 0 Å². The van der Waals surface area contributed by atoms with Crippen LogP contribution >= 0.6 is 15.9 Å². The first kappa shape index (κ1) is 13.0. The lowest BCUT2D eigenvalue weighted by atomic mass is 9.78. The Kier molecular flexibility index (Phi) is 3.85. The second-order valence-electron chi connectivity index (χ2n) is 4.71. The Morgan fingerprint density at radius 3 is 2.53 bits per heavy atom. The van der Waals surface area contributed by atoms with Gasteiger partial charge in [0.2, 0.25) is 0 Å². The van der Waals surface area contributed by atoms with Crippen LogP contribution in [0.3, 0.4) is 0 Å². The molecule has 2 nitrogen and oxygen atoms in total. The van der Waals surface area contributed by atoms with Crippen molar-refractivity contribution in [1.29, 1.82) is 0 Å². The maximum absolute atomic E-state index is 13.9. The Balaban J connectivity index is 2.29. The quantitative estimate of drug-likeness (QED) is 0.880. The molecule has 2 N–H and O–H groups in total. The zero-order valence-corrected chi connectivity index (χ0v) is 11.1. The molecule has 1 aliphatic carbocycles. The molecule has 0 bridgehead atoms. The van der Waals surface area contributed by atoms with Crippen molar-refractivity contribution in [3.05, 3.63) is 34.1 Å². The highest BCUT2D eigenvalue weighted by Gasteiger charge is 2.39. The predicted molar refractivity (Wildman–Crippen MR) is 67.1 cm³/mol. The van der Waals surface area contributed by atoms with Crippen LogP contribution in [0.5, 0.6) is 0 Å². The number of rotatable bonds is 2. The Morgan fingerprint density at radius 1 is 1.24 bits per heavy atom. The third-order valence-corrected chi connectivity index (χ3v) is 4.12. The second kappa shape index (κ2) is 5.04. The highest BCUT2D eigenvalue weighted by atomic mass is 79.9. The van der Waals surface area contributed by atoms with E-state index in [9.17, 15) is 14.6 Å². The molecule has 0 spiro atoms. The van der Waals surface area contributed by atoms with Gasteiger partial charge in [0.05, 0.1) is 10.1 Å². The van der Waals surface area contributed by atoms with Gasteiger partial charge in [-0.2, -0.15) is 0 Å². The molecule has 0 heterocycles. The second-order valence-corrected chi connectivity index (χ2v) is 5.56. The summed E-state index contributed by atoms with van der Waals surface area (Å²) >= 11 is 3.09. The molecule has 0 amide bonds. The molecular weight excluding hydrogens is 287 g/mol. The van der Waals surface area contributed by atoms with E-state index in [1.807, 2.05) is 0 Å². The van der Waals surface area contributed by atoms with Crippen LogP contribution in [0.25, 0.3) is 0 Å². The summed E-state index contributed by atoms with van der Waals surface area (Å²) in [5.74, 6) is -0.487. The summed E-state index contributed by atoms with van der Waals surface area (Å²) in [7, 11) is 0. The Morgan fingerprint density at radius 2 is 1.88 bits per heavy atom. The smallest absolute Gasteiger partial charge is 0.143 e. The van der Waals surface area contributed by atoms with Crippen molar-refractivity contribution in [3.63, 3.8) is 0 Å². The summed E-state index contributed by atoms with van der Waals surface area (Å²) in [6, 6.07) is 4.77. The van der Waals surface area contributed by atoms with Crippen LogP contribution in [0.1, 0.15) is 43.8 Å². The molecule has 0 aliphatic heterocycles. The zero-order chi connectivity index (χ0) is 12.5. The molecule has 1 aromatic carbocycles. The highest BCUT2D eigenvalue weighted by molar-refractivity contribution is 9.10. The molecule has 94 valence electrons. The molecule has 2 rings (SSSR count). The molecule has 4 heteroatoms. The van der Waals surface area contributed by atoms with Gasteiger partial charge in [0, 0.05) is 5.56 Å². The molecular formula is C13H16BrFO2. The monoisotopic (exact) mass is 302 g/mol. The molecule has 1 atom stereocenters. The van der Waals surface area contributed by atoms with Gasteiger partial charge in [-0.3, -0.25) is 0 Å². The van der Waals surface area contributed by atoms with E-state index >= 15 is 0 Å². The summed E-state index contributed by atoms with van der Waals surface area (Å²) in [6.45, 7) is 0. The van der Waals surface area contributed by atoms with E-state index in [1.54, 1.807) is 12.1 Å². The van der Waals surface area contributed by atoms with Gasteiger partial charge in [0.15, 0.2) is 0 Å². The van der Waals surface area contributed by atoms with Crippen LogP contribution < -0.4 is 0 Å². The van der Waals surface area contributed by atoms with E-state index in [-0.39, 0.29) is 5.56 Å². The first-order valence-electron chi connectivity index (χ1n) is 5.89. The van der Waals surface area contributed by atoms with Gasteiger partial charge in [0.25, 0.3) is 0 Å². The fraction of sp³-hybridized carbons (Fsp3) is 0.538. The lowest BCUT2D eigenvalue weighted by Gasteiger charge is -2.36.